The van der Waals surface area contributed by atoms with Gasteiger partial charge in [-0.05, 0) is 18.6 Å². The van der Waals surface area contributed by atoms with Crippen molar-refractivity contribution in [2.45, 2.75) is 13.3 Å². The van der Waals surface area contributed by atoms with Crippen LogP contribution in [0.1, 0.15) is 12.5 Å². The summed E-state index contributed by atoms with van der Waals surface area (Å²) in [5, 5.41) is 0.345. The molecule has 0 saturated carbocycles. The molecule has 0 saturated heterocycles. The van der Waals surface area contributed by atoms with Crippen LogP contribution in [0.4, 0.5) is 4.39 Å². The van der Waals surface area contributed by atoms with E-state index in [0.29, 0.717) is 33.2 Å². The van der Waals surface area contributed by atoms with Crippen LogP contribution in [0, 0.1) is 5.82 Å². The summed E-state index contributed by atoms with van der Waals surface area (Å²) in [4.78, 5) is 7.89. The van der Waals surface area contributed by atoms with Gasteiger partial charge in [0.25, 0.3) is 0 Å². The molecule has 0 aliphatic carbocycles. The molecule has 0 amide bonds. The molecule has 0 atom stereocenters. The lowest BCUT2D eigenvalue weighted by atomic mass is 10.2. The summed E-state index contributed by atoms with van der Waals surface area (Å²) in [7, 11) is 0. The van der Waals surface area contributed by atoms with Crippen LogP contribution in [0.25, 0.3) is 0 Å². The van der Waals surface area contributed by atoms with E-state index in [1.165, 1.54) is 18.5 Å². The van der Waals surface area contributed by atoms with Crippen molar-refractivity contribution in [2.75, 3.05) is 0 Å². The second-order valence-electron chi connectivity index (χ2n) is 3.51. The van der Waals surface area contributed by atoms with Crippen molar-refractivity contribution in [2.24, 2.45) is 0 Å². The Morgan fingerprint density at radius 2 is 2.11 bits per heavy atom. The van der Waals surface area contributed by atoms with E-state index in [1.807, 2.05) is 6.92 Å². The second-order valence-corrected chi connectivity index (χ2v) is 4.78. The zero-order valence-corrected chi connectivity index (χ0v) is 11.8. The molecule has 0 fully saturated rings. The van der Waals surface area contributed by atoms with Gasteiger partial charge in [0, 0.05) is 10.5 Å². The molecule has 0 spiro atoms. The van der Waals surface area contributed by atoms with Crippen LogP contribution in [-0.2, 0) is 6.42 Å². The molecule has 18 heavy (non-hydrogen) atoms. The number of nitrogens with zero attached hydrogens (tertiary/aromatic N) is 2. The molecule has 1 heterocycles. The Morgan fingerprint density at radius 3 is 2.78 bits per heavy atom. The first-order valence-electron chi connectivity index (χ1n) is 5.23. The molecule has 0 bridgehead atoms. The van der Waals surface area contributed by atoms with Gasteiger partial charge in [0.2, 0.25) is 5.88 Å². The lowest BCUT2D eigenvalue weighted by Gasteiger charge is -2.09. The number of ether oxygens (including phenoxy) is 1. The van der Waals surface area contributed by atoms with Gasteiger partial charge in [-0.25, -0.2) is 14.4 Å². The van der Waals surface area contributed by atoms with Crippen molar-refractivity contribution >= 4 is 27.5 Å². The SMILES string of the molecule is CCc1c(Cl)ncnc1Oc1cc(F)cc(Br)c1. The number of halogens is 3. The van der Waals surface area contributed by atoms with Crippen LogP contribution < -0.4 is 4.74 Å². The van der Waals surface area contributed by atoms with Gasteiger partial charge in [0.1, 0.15) is 23.0 Å². The number of hydrogen-bond donors (Lipinski definition) is 0. The fraction of sp³-hybridized carbons (Fsp3) is 0.167. The maximum Gasteiger partial charge on any atom is 0.226 e. The highest BCUT2D eigenvalue weighted by molar-refractivity contribution is 9.10. The lowest BCUT2D eigenvalue weighted by Crippen LogP contribution is -1.97. The van der Waals surface area contributed by atoms with Gasteiger partial charge >= 0.3 is 0 Å². The molecule has 0 aliphatic rings. The first-order valence-corrected chi connectivity index (χ1v) is 6.40. The fourth-order valence-corrected chi connectivity index (χ4v) is 2.16. The van der Waals surface area contributed by atoms with Gasteiger partial charge in [0.05, 0.1) is 5.56 Å². The van der Waals surface area contributed by atoms with Crippen molar-refractivity contribution in [3.05, 3.63) is 45.5 Å². The van der Waals surface area contributed by atoms with E-state index in [0.717, 1.165) is 0 Å². The number of rotatable bonds is 3. The summed E-state index contributed by atoms with van der Waals surface area (Å²) >= 11 is 9.14. The van der Waals surface area contributed by atoms with E-state index in [-0.39, 0.29) is 0 Å². The maximum absolute atomic E-state index is 13.2. The molecule has 2 rings (SSSR count). The third-order valence-corrected chi connectivity index (χ3v) is 3.04. The first kappa shape index (κ1) is 13.2. The Hall–Kier alpha value is -1.20. The molecular formula is C12H9BrClFN2O. The summed E-state index contributed by atoms with van der Waals surface area (Å²) in [6.45, 7) is 1.92. The predicted octanol–water partition coefficient (Wildman–Crippen LogP) is 4.39. The summed E-state index contributed by atoms with van der Waals surface area (Å²) in [6, 6.07) is 4.28. The van der Waals surface area contributed by atoms with Crippen LogP contribution in [-0.4, -0.2) is 9.97 Å². The number of benzene rings is 1. The van der Waals surface area contributed by atoms with Gasteiger partial charge in [0.15, 0.2) is 0 Å². The third-order valence-electron chi connectivity index (χ3n) is 2.26. The smallest absolute Gasteiger partial charge is 0.226 e. The number of aromatic nitrogens is 2. The van der Waals surface area contributed by atoms with Crippen LogP contribution in [0.2, 0.25) is 5.15 Å². The van der Waals surface area contributed by atoms with Crippen molar-refractivity contribution in [1.82, 2.24) is 9.97 Å². The Morgan fingerprint density at radius 1 is 1.33 bits per heavy atom. The molecule has 3 nitrogen and oxygen atoms in total. The molecule has 0 N–H and O–H groups in total. The molecule has 94 valence electrons. The van der Waals surface area contributed by atoms with E-state index >= 15 is 0 Å². The summed E-state index contributed by atoms with van der Waals surface area (Å²) in [6.07, 6.45) is 1.94. The molecule has 6 heteroatoms. The topological polar surface area (TPSA) is 35.0 Å². The minimum Gasteiger partial charge on any atom is -0.438 e. The quantitative estimate of drug-likeness (QED) is 0.783. The number of hydrogen-bond acceptors (Lipinski definition) is 3. The van der Waals surface area contributed by atoms with E-state index < -0.39 is 5.82 Å². The van der Waals surface area contributed by atoms with Gasteiger partial charge in [-0.15, -0.1) is 0 Å². The molecular weight excluding hydrogens is 322 g/mol. The minimum absolute atomic E-state index is 0.343. The van der Waals surface area contributed by atoms with Gasteiger partial charge in [-0.2, -0.15) is 0 Å². The molecule has 2 aromatic rings. The Balaban J connectivity index is 2.36. The summed E-state index contributed by atoms with van der Waals surface area (Å²) in [5.74, 6) is 0.305. The Kier molecular flexibility index (Phi) is 4.14. The van der Waals surface area contributed by atoms with E-state index in [2.05, 4.69) is 25.9 Å². The van der Waals surface area contributed by atoms with E-state index in [9.17, 15) is 4.39 Å². The van der Waals surface area contributed by atoms with Gasteiger partial charge in [-0.3, -0.25) is 0 Å². The van der Waals surface area contributed by atoms with Crippen LogP contribution in [0.15, 0.2) is 29.0 Å². The second kappa shape index (κ2) is 5.63. The summed E-state index contributed by atoms with van der Waals surface area (Å²) < 4.78 is 19.4. The van der Waals surface area contributed by atoms with Gasteiger partial charge in [-0.1, -0.05) is 34.5 Å². The normalized spacial score (nSPS) is 10.4. The van der Waals surface area contributed by atoms with E-state index in [4.69, 9.17) is 16.3 Å². The molecule has 0 aliphatic heterocycles. The molecule has 1 aromatic carbocycles. The van der Waals surface area contributed by atoms with Crippen molar-refractivity contribution < 1.29 is 9.13 Å². The molecule has 0 radical (unpaired) electrons. The van der Waals surface area contributed by atoms with Crippen molar-refractivity contribution in [3.63, 3.8) is 0 Å². The monoisotopic (exact) mass is 330 g/mol. The van der Waals surface area contributed by atoms with Crippen LogP contribution in [0.3, 0.4) is 0 Å². The van der Waals surface area contributed by atoms with Crippen LogP contribution >= 0.6 is 27.5 Å². The minimum atomic E-state index is -0.391. The third kappa shape index (κ3) is 2.97. The lowest BCUT2D eigenvalue weighted by molar-refractivity contribution is 0.450. The highest BCUT2D eigenvalue weighted by Gasteiger charge is 2.11. The zero-order valence-electron chi connectivity index (χ0n) is 9.45. The largest absolute Gasteiger partial charge is 0.438 e. The Labute approximate surface area is 117 Å². The van der Waals surface area contributed by atoms with Crippen LogP contribution in [0.5, 0.6) is 11.6 Å². The predicted molar refractivity (Wildman–Crippen MR) is 70.6 cm³/mol. The maximum atomic E-state index is 13.2. The molecule has 0 unspecified atom stereocenters. The van der Waals surface area contributed by atoms with Gasteiger partial charge < -0.3 is 4.74 Å². The van der Waals surface area contributed by atoms with Crippen molar-refractivity contribution in [1.29, 1.82) is 0 Å². The first-order chi connectivity index (χ1) is 8.60. The standard InChI is InChI=1S/C12H9BrClFN2O/c1-2-10-11(14)16-6-17-12(10)18-9-4-7(13)3-8(15)5-9/h3-6H,2H2,1H3. The zero-order chi connectivity index (χ0) is 13.1. The van der Waals surface area contributed by atoms with Crippen molar-refractivity contribution in [3.8, 4) is 11.6 Å². The van der Waals surface area contributed by atoms with E-state index in [1.54, 1.807) is 6.07 Å². The highest BCUT2D eigenvalue weighted by atomic mass is 79.9. The Bertz CT molecular complexity index is 560. The fourth-order valence-electron chi connectivity index (χ4n) is 1.46. The summed E-state index contributed by atoms with van der Waals surface area (Å²) in [5.41, 5.74) is 0.694. The average molecular weight is 332 g/mol. The highest BCUT2D eigenvalue weighted by Crippen LogP contribution is 2.29. The average Bonchev–Trinajstić information content (AvgIpc) is 2.27. The molecule has 1 aromatic heterocycles.